The van der Waals surface area contributed by atoms with Crippen LogP contribution in [0.4, 0.5) is 0 Å². The fraction of sp³-hybridized carbons (Fsp3) is 0.875. The third-order valence-electron chi connectivity index (χ3n) is 4.00. The topological polar surface area (TPSA) is 64.6 Å². The maximum Gasteiger partial charge on any atom is 0.190 e. The lowest BCUT2D eigenvalue weighted by Gasteiger charge is -2.37. The van der Waals surface area contributed by atoms with Gasteiger partial charge in [-0.1, -0.05) is 6.58 Å². The smallest absolute Gasteiger partial charge is 0.190 e. The minimum Gasteiger partial charge on any atom is -0.499 e. The van der Waals surface area contributed by atoms with Crippen molar-refractivity contribution in [1.29, 1.82) is 0 Å². The first-order valence-electron chi connectivity index (χ1n) is 7.98. The molecule has 5 atom stereocenters. The Bertz CT molecular complexity index is 436. The fourth-order valence-corrected chi connectivity index (χ4v) is 3.22. The lowest BCUT2D eigenvalue weighted by atomic mass is 9.99. The van der Waals surface area contributed by atoms with Gasteiger partial charge < -0.3 is 33.2 Å². The van der Waals surface area contributed by atoms with Crippen LogP contribution in [0.15, 0.2) is 12.8 Å². The van der Waals surface area contributed by atoms with Crippen molar-refractivity contribution in [3.63, 3.8) is 0 Å². The summed E-state index contributed by atoms with van der Waals surface area (Å²) in [6.45, 7) is 12.3. The monoisotopic (exact) mass is 330 g/mol. The van der Waals surface area contributed by atoms with Crippen LogP contribution in [0.3, 0.4) is 0 Å². The Hall–Kier alpha value is -0.700. The lowest BCUT2D eigenvalue weighted by Crippen LogP contribution is -2.56. The second-order valence-corrected chi connectivity index (χ2v) is 6.82. The zero-order chi connectivity index (χ0) is 16.7. The molecule has 0 aliphatic carbocycles. The van der Waals surface area contributed by atoms with E-state index in [1.54, 1.807) is 0 Å². The van der Waals surface area contributed by atoms with Crippen molar-refractivity contribution in [3.8, 4) is 0 Å². The highest BCUT2D eigenvalue weighted by Crippen LogP contribution is 2.44. The van der Waals surface area contributed by atoms with Crippen molar-refractivity contribution in [2.45, 2.75) is 70.0 Å². The van der Waals surface area contributed by atoms with Gasteiger partial charge in [0.05, 0.1) is 19.5 Å². The van der Waals surface area contributed by atoms with Gasteiger partial charge in [0.15, 0.2) is 17.9 Å². The highest BCUT2D eigenvalue weighted by molar-refractivity contribution is 5.00. The van der Waals surface area contributed by atoms with E-state index in [0.29, 0.717) is 19.8 Å². The molecule has 23 heavy (non-hydrogen) atoms. The summed E-state index contributed by atoms with van der Waals surface area (Å²) >= 11 is 0. The molecular formula is C16H26O7. The van der Waals surface area contributed by atoms with Crippen molar-refractivity contribution >= 4 is 0 Å². The van der Waals surface area contributed by atoms with E-state index in [-0.39, 0.29) is 24.4 Å². The van der Waals surface area contributed by atoms with Crippen LogP contribution >= 0.6 is 0 Å². The van der Waals surface area contributed by atoms with Gasteiger partial charge in [0.25, 0.3) is 0 Å². The average molecular weight is 330 g/mol. The summed E-state index contributed by atoms with van der Waals surface area (Å²) in [7, 11) is 0. The standard InChI is InChI=1S/C16H26O7/c1-6-17-7-8-18-9-10-11-12(21-15(2,3)20-11)13-14(19-10)23-16(4,5)22-13/h6,10-14H,1,7-9H2,2-5H3/t10-,11+,12+,13-,14-/m1/s1. The van der Waals surface area contributed by atoms with Gasteiger partial charge in [-0.15, -0.1) is 0 Å². The fourth-order valence-electron chi connectivity index (χ4n) is 3.22. The van der Waals surface area contributed by atoms with Gasteiger partial charge in [-0.3, -0.25) is 0 Å². The highest BCUT2D eigenvalue weighted by atomic mass is 16.9. The Morgan fingerprint density at radius 1 is 0.913 bits per heavy atom. The van der Waals surface area contributed by atoms with Gasteiger partial charge in [-0.25, -0.2) is 0 Å². The van der Waals surface area contributed by atoms with Crippen molar-refractivity contribution < 1.29 is 33.2 Å². The molecule has 0 saturated carbocycles. The molecule has 0 amide bonds. The predicted molar refractivity (Wildman–Crippen MR) is 79.5 cm³/mol. The Balaban J connectivity index is 1.65. The molecule has 3 saturated heterocycles. The van der Waals surface area contributed by atoms with Gasteiger partial charge in [-0.2, -0.15) is 0 Å². The molecule has 3 fully saturated rings. The summed E-state index contributed by atoms with van der Waals surface area (Å²) in [6, 6.07) is 0. The minimum absolute atomic E-state index is 0.247. The quantitative estimate of drug-likeness (QED) is 0.541. The van der Waals surface area contributed by atoms with E-state index < -0.39 is 17.9 Å². The zero-order valence-corrected chi connectivity index (χ0v) is 14.2. The Kier molecular flexibility index (Phi) is 4.70. The van der Waals surface area contributed by atoms with Crippen molar-refractivity contribution in [2.24, 2.45) is 0 Å². The number of rotatable bonds is 6. The third kappa shape index (κ3) is 3.70. The van der Waals surface area contributed by atoms with Gasteiger partial charge in [0.1, 0.15) is 31.0 Å². The van der Waals surface area contributed by atoms with Crippen LogP contribution in [0, 0.1) is 0 Å². The molecule has 0 bridgehead atoms. The molecule has 0 spiro atoms. The van der Waals surface area contributed by atoms with Crippen molar-refractivity contribution in [1.82, 2.24) is 0 Å². The predicted octanol–water partition coefficient (Wildman–Crippen LogP) is 1.56. The molecule has 3 rings (SSSR count). The summed E-state index contributed by atoms with van der Waals surface area (Å²) in [6.07, 6.45) is -0.195. The molecule has 0 radical (unpaired) electrons. The second-order valence-electron chi connectivity index (χ2n) is 6.82. The van der Waals surface area contributed by atoms with Crippen molar-refractivity contribution in [3.05, 3.63) is 12.8 Å². The molecule has 7 nitrogen and oxygen atoms in total. The van der Waals surface area contributed by atoms with Gasteiger partial charge >= 0.3 is 0 Å². The number of fused-ring (bicyclic) bond motifs is 3. The van der Waals surface area contributed by atoms with Crippen LogP contribution in [-0.2, 0) is 33.2 Å². The van der Waals surface area contributed by atoms with Gasteiger partial charge in [0.2, 0.25) is 0 Å². The van der Waals surface area contributed by atoms with Crippen molar-refractivity contribution in [2.75, 3.05) is 19.8 Å². The molecule has 0 aromatic rings. The molecule has 3 aliphatic heterocycles. The molecule has 0 aromatic heterocycles. The molecule has 0 N–H and O–H groups in total. The molecule has 3 heterocycles. The largest absolute Gasteiger partial charge is 0.499 e. The third-order valence-corrected chi connectivity index (χ3v) is 4.00. The molecule has 7 heteroatoms. The van der Waals surface area contributed by atoms with Crippen LogP contribution in [0.5, 0.6) is 0 Å². The molecule has 132 valence electrons. The molecule has 3 aliphatic rings. The first kappa shape index (κ1) is 17.1. The van der Waals surface area contributed by atoms with E-state index in [0.717, 1.165) is 0 Å². The minimum atomic E-state index is -0.705. The van der Waals surface area contributed by atoms with Gasteiger partial charge in [0, 0.05) is 0 Å². The Morgan fingerprint density at radius 3 is 2.30 bits per heavy atom. The van der Waals surface area contributed by atoms with E-state index in [2.05, 4.69) is 6.58 Å². The normalized spacial score (nSPS) is 40.4. The zero-order valence-electron chi connectivity index (χ0n) is 14.2. The number of hydrogen-bond acceptors (Lipinski definition) is 7. The van der Waals surface area contributed by atoms with Crippen LogP contribution in [0.2, 0.25) is 0 Å². The number of hydrogen-bond donors (Lipinski definition) is 0. The van der Waals surface area contributed by atoms with E-state index in [1.165, 1.54) is 6.26 Å². The van der Waals surface area contributed by atoms with Crippen LogP contribution < -0.4 is 0 Å². The summed E-state index contributed by atoms with van der Waals surface area (Å²) in [4.78, 5) is 0. The molecule has 0 aromatic carbocycles. The summed E-state index contributed by atoms with van der Waals surface area (Å²) in [5.74, 6) is -1.39. The van der Waals surface area contributed by atoms with E-state index >= 15 is 0 Å². The second kappa shape index (κ2) is 6.31. The van der Waals surface area contributed by atoms with Crippen LogP contribution in [0.1, 0.15) is 27.7 Å². The maximum atomic E-state index is 6.03. The first-order chi connectivity index (χ1) is 10.8. The Labute approximate surface area is 136 Å². The van der Waals surface area contributed by atoms with Gasteiger partial charge in [-0.05, 0) is 27.7 Å². The van der Waals surface area contributed by atoms with E-state index in [9.17, 15) is 0 Å². The first-order valence-corrected chi connectivity index (χ1v) is 7.98. The average Bonchev–Trinajstić information content (AvgIpc) is 2.93. The van der Waals surface area contributed by atoms with Crippen LogP contribution in [0.25, 0.3) is 0 Å². The van der Waals surface area contributed by atoms with Crippen LogP contribution in [-0.4, -0.2) is 62.1 Å². The summed E-state index contributed by atoms with van der Waals surface area (Å²) in [5, 5.41) is 0. The van der Waals surface area contributed by atoms with E-state index in [1.807, 2.05) is 27.7 Å². The Morgan fingerprint density at radius 2 is 1.57 bits per heavy atom. The maximum absolute atomic E-state index is 6.03. The highest BCUT2D eigenvalue weighted by Gasteiger charge is 2.60. The van der Waals surface area contributed by atoms with E-state index in [4.69, 9.17) is 33.2 Å². The summed E-state index contributed by atoms with van der Waals surface area (Å²) in [5.41, 5.74) is 0. The molecule has 0 unspecified atom stereocenters. The summed E-state index contributed by atoms with van der Waals surface area (Å²) < 4.78 is 40.5. The number of ether oxygens (including phenoxy) is 7. The molecular weight excluding hydrogens is 304 g/mol. The SMILES string of the molecule is C=COCCOC[C@H]1O[C@@H]2OC(C)(C)O[C@@H]2[C@H]2OC(C)(C)O[C@H]21. The lowest BCUT2D eigenvalue weighted by molar-refractivity contribution is -0.243.